The smallest absolute Gasteiger partial charge is 0.197 e. The summed E-state index contributed by atoms with van der Waals surface area (Å²) in [7, 11) is 0. The molecule has 0 N–H and O–H groups in total. The van der Waals surface area contributed by atoms with E-state index in [2.05, 4.69) is 24.0 Å². The Bertz CT molecular complexity index is 1100. The van der Waals surface area contributed by atoms with Gasteiger partial charge >= 0.3 is 0 Å². The second kappa shape index (κ2) is 9.33. The van der Waals surface area contributed by atoms with Crippen LogP contribution in [0.2, 0.25) is 10.0 Å². The summed E-state index contributed by atoms with van der Waals surface area (Å²) in [5, 5.41) is 9.22. The van der Waals surface area contributed by atoms with Gasteiger partial charge in [0.05, 0.1) is 10.7 Å². The highest BCUT2D eigenvalue weighted by atomic mass is 35.5. The molecule has 30 heavy (non-hydrogen) atoms. The molecule has 0 saturated carbocycles. The first kappa shape index (κ1) is 22.5. The fourth-order valence-electron chi connectivity index (χ4n) is 3.15. The second-order valence-corrected chi connectivity index (χ2v) is 9.11. The van der Waals surface area contributed by atoms with Crippen LogP contribution in [0.1, 0.15) is 39.2 Å². The predicted octanol–water partition coefficient (Wildman–Crippen LogP) is 6.00. The highest BCUT2D eigenvalue weighted by Gasteiger charge is 2.27. The van der Waals surface area contributed by atoms with Crippen LogP contribution in [-0.4, -0.2) is 31.6 Å². The molecular formula is C22H21Cl2N3O2S. The van der Waals surface area contributed by atoms with Crippen LogP contribution in [-0.2, 0) is 9.59 Å². The number of para-hydroxylation sites is 1. The standard InChI is InChI=1S/C22H21Cl2N3O2S/c1-12(2)16-7-5-6-8-19(16)27-21(17-10-9-15(23)11-18(17)24)25-26-22(27)30-20(13(3)28)14(4)29/h5-12,20H,1-4H3. The first-order chi connectivity index (χ1) is 14.2. The van der Waals surface area contributed by atoms with E-state index in [1.165, 1.54) is 13.8 Å². The summed E-state index contributed by atoms with van der Waals surface area (Å²) < 4.78 is 1.86. The molecule has 0 aliphatic rings. The van der Waals surface area contributed by atoms with Crippen LogP contribution in [0.25, 0.3) is 17.1 Å². The van der Waals surface area contributed by atoms with Gasteiger partial charge in [-0.25, -0.2) is 0 Å². The lowest BCUT2D eigenvalue weighted by Crippen LogP contribution is -2.23. The Morgan fingerprint density at radius 3 is 2.27 bits per heavy atom. The number of Topliss-reactive ketones (excluding diaryl/α,β-unsaturated/α-hetero) is 2. The number of carbonyl (C=O) groups is 2. The number of aromatic nitrogens is 3. The van der Waals surface area contributed by atoms with Gasteiger partial charge in [-0.3, -0.25) is 14.2 Å². The van der Waals surface area contributed by atoms with Crippen LogP contribution < -0.4 is 0 Å². The highest BCUT2D eigenvalue weighted by molar-refractivity contribution is 8.01. The van der Waals surface area contributed by atoms with E-state index >= 15 is 0 Å². The molecule has 2 aromatic carbocycles. The molecule has 0 amide bonds. The van der Waals surface area contributed by atoms with Crippen molar-refractivity contribution in [1.29, 1.82) is 0 Å². The topological polar surface area (TPSA) is 64.8 Å². The maximum Gasteiger partial charge on any atom is 0.197 e. The summed E-state index contributed by atoms with van der Waals surface area (Å²) in [6.07, 6.45) is 0. The molecule has 0 unspecified atom stereocenters. The largest absolute Gasteiger partial charge is 0.298 e. The molecule has 0 saturated heterocycles. The molecular weight excluding hydrogens is 441 g/mol. The molecule has 0 bridgehead atoms. The molecule has 8 heteroatoms. The van der Waals surface area contributed by atoms with Gasteiger partial charge < -0.3 is 0 Å². The van der Waals surface area contributed by atoms with E-state index in [1.54, 1.807) is 18.2 Å². The van der Waals surface area contributed by atoms with Gasteiger partial charge in [-0.1, -0.05) is 67.0 Å². The van der Waals surface area contributed by atoms with E-state index < -0.39 is 5.25 Å². The predicted molar refractivity (Wildman–Crippen MR) is 122 cm³/mol. The Balaban J connectivity index is 2.27. The number of hydrogen-bond donors (Lipinski definition) is 0. The van der Waals surface area contributed by atoms with Crippen molar-refractivity contribution < 1.29 is 9.59 Å². The zero-order valence-electron chi connectivity index (χ0n) is 17.0. The molecule has 5 nitrogen and oxygen atoms in total. The summed E-state index contributed by atoms with van der Waals surface area (Å²) in [6, 6.07) is 13.1. The maximum atomic E-state index is 12.0. The first-order valence-electron chi connectivity index (χ1n) is 9.38. The van der Waals surface area contributed by atoms with Crippen molar-refractivity contribution in [2.45, 2.75) is 44.0 Å². The highest BCUT2D eigenvalue weighted by Crippen LogP contribution is 2.36. The van der Waals surface area contributed by atoms with E-state index in [0.717, 1.165) is 23.0 Å². The quantitative estimate of drug-likeness (QED) is 0.318. The van der Waals surface area contributed by atoms with Crippen LogP contribution in [0.15, 0.2) is 47.6 Å². The number of benzene rings is 2. The summed E-state index contributed by atoms with van der Waals surface area (Å²) >= 11 is 13.6. The minimum Gasteiger partial charge on any atom is -0.298 e. The molecule has 0 spiro atoms. The molecule has 3 aromatic rings. The van der Waals surface area contributed by atoms with E-state index in [-0.39, 0.29) is 17.5 Å². The number of thioether (sulfide) groups is 1. The Labute approximate surface area is 189 Å². The monoisotopic (exact) mass is 461 g/mol. The van der Waals surface area contributed by atoms with Crippen LogP contribution in [0.3, 0.4) is 0 Å². The maximum absolute atomic E-state index is 12.0. The van der Waals surface area contributed by atoms with E-state index in [9.17, 15) is 9.59 Å². The SMILES string of the molecule is CC(=O)C(Sc1nnc(-c2ccc(Cl)cc2Cl)n1-c1ccccc1C(C)C)C(C)=O. The van der Waals surface area contributed by atoms with Gasteiger partial charge in [-0.2, -0.15) is 0 Å². The molecule has 156 valence electrons. The summed E-state index contributed by atoms with van der Waals surface area (Å²) in [6.45, 7) is 7.00. The number of ketones is 2. The minimum absolute atomic E-state index is 0.228. The first-order valence-corrected chi connectivity index (χ1v) is 11.0. The number of rotatable bonds is 7. The number of hydrogen-bond acceptors (Lipinski definition) is 5. The molecule has 0 atom stereocenters. The lowest BCUT2D eigenvalue weighted by Gasteiger charge is -2.18. The molecule has 0 radical (unpaired) electrons. The Hall–Kier alpha value is -2.15. The molecule has 0 aliphatic heterocycles. The summed E-state index contributed by atoms with van der Waals surface area (Å²) in [5.74, 6) is 0.278. The van der Waals surface area contributed by atoms with E-state index in [1.807, 2.05) is 28.8 Å². The van der Waals surface area contributed by atoms with Crippen molar-refractivity contribution in [2.24, 2.45) is 0 Å². The molecule has 0 aliphatic carbocycles. The normalized spacial score (nSPS) is 11.3. The van der Waals surface area contributed by atoms with Crippen LogP contribution in [0.5, 0.6) is 0 Å². The van der Waals surface area contributed by atoms with Crippen molar-refractivity contribution in [3.8, 4) is 17.1 Å². The van der Waals surface area contributed by atoms with Crippen LogP contribution in [0, 0.1) is 0 Å². The van der Waals surface area contributed by atoms with Crippen molar-refractivity contribution in [3.05, 3.63) is 58.1 Å². The fourth-order valence-corrected chi connectivity index (χ4v) is 4.56. The average Bonchev–Trinajstić information content (AvgIpc) is 3.08. The fraction of sp³-hybridized carbons (Fsp3) is 0.273. The molecule has 3 rings (SSSR count). The van der Waals surface area contributed by atoms with E-state index in [4.69, 9.17) is 23.2 Å². The zero-order valence-corrected chi connectivity index (χ0v) is 19.3. The Morgan fingerprint density at radius 1 is 1.00 bits per heavy atom. The van der Waals surface area contributed by atoms with Crippen molar-refractivity contribution in [2.75, 3.05) is 0 Å². The molecule has 0 fully saturated rings. The van der Waals surface area contributed by atoms with Gasteiger partial charge in [0.25, 0.3) is 0 Å². The third kappa shape index (κ3) is 4.61. The van der Waals surface area contributed by atoms with Gasteiger partial charge in [0.15, 0.2) is 22.5 Å². The van der Waals surface area contributed by atoms with Crippen molar-refractivity contribution in [3.63, 3.8) is 0 Å². The third-order valence-electron chi connectivity index (χ3n) is 4.57. The van der Waals surface area contributed by atoms with Crippen LogP contribution in [0.4, 0.5) is 0 Å². The third-order valence-corrected chi connectivity index (χ3v) is 6.49. The Morgan fingerprint density at radius 2 is 1.67 bits per heavy atom. The van der Waals surface area contributed by atoms with Gasteiger partial charge in [0, 0.05) is 10.6 Å². The van der Waals surface area contributed by atoms with E-state index in [0.29, 0.717) is 26.6 Å². The lowest BCUT2D eigenvalue weighted by atomic mass is 10.0. The van der Waals surface area contributed by atoms with Gasteiger partial charge in [-0.15, -0.1) is 10.2 Å². The molecule has 1 heterocycles. The number of halogens is 2. The summed E-state index contributed by atoms with van der Waals surface area (Å²) in [5.41, 5.74) is 2.60. The van der Waals surface area contributed by atoms with Crippen LogP contribution >= 0.6 is 35.0 Å². The zero-order chi connectivity index (χ0) is 22.0. The Kier molecular flexibility index (Phi) is 7.01. The second-order valence-electron chi connectivity index (χ2n) is 7.20. The molecule has 1 aromatic heterocycles. The summed E-state index contributed by atoms with van der Waals surface area (Å²) in [4.78, 5) is 24.1. The average molecular weight is 462 g/mol. The van der Waals surface area contributed by atoms with Gasteiger partial charge in [0.2, 0.25) is 0 Å². The van der Waals surface area contributed by atoms with Crippen molar-refractivity contribution >= 4 is 46.5 Å². The lowest BCUT2D eigenvalue weighted by molar-refractivity contribution is -0.123. The number of nitrogens with zero attached hydrogens (tertiary/aromatic N) is 3. The van der Waals surface area contributed by atoms with Gasteiger partial charge in [0.1, 0.15) is 5.25 Å². The van der Waals surface area contributed by atoms with Crippen molar-refractivity contribution in [1.82, 2.24) is 14.8 Å². The van der Waals surface area contributed by atoms with Gasteiger partial charge in [-0.05, 0) is 49.6 Å². The minimum atomic E-state index is -0.854. The number of carbonyl (C=O) groups excluding carboxylic acids is 2.